The summed E-state index contributed by atoms with van der Waals surface area (Å²) >= 11 is 10.5. The Kier molecular flexibility index (Phi) is 9.56. The minimum Gasteiger partial charge on any atom is -0.362 e. The molecule has 0 saturated carbocycles. The molecule has 0 bridgehead atoms. The van der Waals surface area contributed by atoms with E-state index in [1.54, 1.807) is 12.1 Å². The zero-order chi connectivity index (χ0) is 21.8. The molecule has 0 spiro atoms. The predicted octanol–water partition coefficient (Wildman–Crippen LogP) is 2.58. The highest BCUT2D eigenvalue weighted by molar-refractivity contribution is 7.80. The van der Waals surface area contributed by atoms with Gasteiger partial charge in [0.1, 0.15) is 17.7 Å². The van der Waals surface area contributed by atoms with Crippen LogP contribution in [0.15, 0.2) is 64.8 Å². The van der Waals surface area contributed by atoms with Crippen molar-refractivity contribution in [2.45, 2.75) is 13.8 Å². The van der Waals surface area contributed by atoms with Crippen LogP contribution in [0, 0.1) is 0 Å². The average molecular weight is 441 g/mol. The molecule has 0 radical (unpaired) electrons. The van der Waals surface area contributed by atoms with Crippen LogP contribution in [0.4, 0.5) is 0 Å². The van der Waals surface area contributed by atoms with Gasteiger partial charge in [-0.3, -0.25) is 15.6 Å². The first-order valence-corrected chi connectivity index (χ1v) is 10.2. The van der Waals surface area contributed by atoms with Gasteiger partial charge in [0.25, 0.3) is 0 Å². The second kappa shape index (κ2) is 12.4. The molecule has 0 fully saturated rings. The Balaban J connectivity index is 2.53. The molecule has 0 heterocycles. The van der Waals surface area contributed by atoms with Gasteiger partial charge in [-0.1, -0.05) is 54.6 Å². The molecular weight excluding hydrogens is 416 g/mol. The van der Waals surface area contributed by atoms with Crippen molar-refractivity contribution in [3.05, 3.63) is 71.3 Å². The fourth-order valence-corrected chi connectivity index (χ4v) is 2.82. The summed E-state index contributed by atoms with van der Waals surface area (Å²) in [6.07, 6.45) is 0.793. The third kappa shape index (κ3) is 7.02. The van der Waals surface area contributed by atoms with Gasteiger partial charge in [-0.15, -0.1) is 0 Å². The fraction of sp³-hybridized carbons (Fsp3) is 0.190. The molecule has 0 aromatic heterocycles. The minimum atomic E-state index is 0.392. The van der Waals surface area contributed by atoms with E-state index in [9.17, 15) is 4.79 Å². The maximum absolute atomic E-state index is 11.0. The van der Waals surface area contributed by atoms with Crippen LogP contribution in [0.2, 0.25) is 0 Å². The summed E-state index contributed by atoms with van der Waals surface area (Å²) in [5, 5.41) is 15.8. The van der Waals surface area contributed by atoms with E-state index in [1.807, 2.05) is 56.3 Å². The SMILES string of the molecule is CCNC(=S)NN=C(C(=NNC(=S)NCC)c1ccc(C=O)cc1)c1ccccc1. The number of thiocarbonyl (C=S) groups is 2. The number of carbonyl (C=O) groups excluding carboxylic acids is 1. The topological polar surface area (TPSA) is 89.9 Å². The van der Waals surface area contributed by atoms with E-state index in [-0.39, 0.29) is 0 Å². The highest BCUT2D eigenvalue weighted by Gasteiger charge is 2.16. The molecule has 156 valence electrons. The molecule has 0 aliphatic rings. The van der Waals surface area contributed by atoms with Gasteiger partial charge in [0, 0.05) is 29.8 Å². The molecule has 0 aliphatic heterocycles. The molecule has 0 saturated heterocycles. The molecule has 9 heteroatoms. The number of benzene rings is 2. The quantitative estimate of drug-likeness (QED) is 0.217. The Labute approximate surface area is 187 Å². The van der Waals surface area contributed by atoms with E-state index >= 15 is 0 Å². The summed E-state index contributed by atoms with van der Waals surface area (Å²) in [4.78, 5) is 11.0. The van der Waals surface area contributed by atoms with E-state index < -0.39 is 0 Å². The molecule has 2 rings (SSSR count). The summed E-state index contributed by atoms with van der Waals surface area (Å²) in [5.74, 6) is 0. The van der Waals surface area contributed by atoms with Gasteiger partial charge in [-0.05, 0) is 38.3 Å². The normalized spacial score (nSPS) is 11.4. The number of nitrogens with one attached hydrogen (secondary N) is 4. The molecule has 0 unspecified atom stereocenters. The van der Waals surface area contributed by atoms with E-state index in [4.69, 9.17) is 24.4 Å². The van der Waals surface area contributed by atoms with Crippen molar-refractivity contribution in [3.8, 4) is 0 Å². The lowest BCUT2D eigenvalue weighted by Gasteiger charge is -2.13. The average Bonchev–Trinajstić information content (AvgIpc) is 2.77. The van der Waals surface area contributed by atoms with Crippen molar-refractivity contribution >= 4 is 52.4 Å². The van der Waals surface area contributed by atoms with Crippen molar-refractivity contribution in [3.63, 3.8) is 0 Å². The Bertz CT molecular complexity index is 926. The van der Waals surface area contributed by atoms with Crippen molar-refractivity contribution in [2.75, 3.05) is 13.1 Å². The summed E-state index contributed by atoms with van der Waals surface area (Å²) in [7, 11) is 0. The molecular formula is C21H24N6OS2. The largest absolute Gasteiger partial charge is 0.362 e. The first-order chi connectivity index (χ1) is 14.6. The highest BCUT2D eigenvalue weighted by Crippen LogP contribution is 2.11. The fourth-order valence-electron chi connectivity index (χ4n) is 2.44. The van der Waals surface area contributed by atoms with Crippen LogP contribution in [0.25, 0.3) is 0 Å². The van der Waals surface area contributed by atoms with Crippen molar-refractivity contribution in [2.24, 2.45) is 10.2 Å². The van der Waals surface area contributed by atoms with Gasteiger partial charge in [0.2, 0.25) is 0 Å². The summed E-state index contributed by atoms with van der Waals surface area (Å²) in [5.41, 5.74) is 8.96. The third-order valence-electron chi connectivity index (χ3n) is 3.80. The lowest BCUT2D eigenvalue weighted by atomic mass is 9.99. The Hall–Kier alpha value is -3.17. The third-order valence-corrected chi connectivity index (χ3v) is 4.28. The second-order valence-corrected chi connectivity index (χ2v) is 6.79. The number of hydrazone groups is 2. The number of nitrogens with zero attached hydrogens (tertiary/aromatic N) is 2. The molecule has 0 atom stereocenters. The van der Waals surface area contributed by atoms with Crippen molar-refractivity contribution < 1.29 is 4.79 Å². The molecule has 2 aromatic rings. The van der Waals surface area contributed by atoms with Crippen LogP contribution in [-0.2, 0) is 0 Å². The van der Waals surface area contributed by atoms with Gasteiger partial charge in [-0.2, -0.15) is 10.2 Å². The molecule has 7 nitrogen and oxygen atoms in total. The van der Waals surface area contributed by atoms with E-state index in [1.165, 1.54) is 0 Å². The van der Waals surface area contributed by atoms with Crippen molar-refractivity contribution in [1.82, 2.24) is 21.5 Å². The Morgan fingerprint density at radius 1 is 0.800 bits per heavy atom. The van der Waals surface area contributed by atoms with Gasteiger partial charge in [-0.25, -0.2) is 0 Å². The summed E-state index contributed by atoms with van der Waals surface area (Å²) in [6, 6.07) is 16.7. The van der Waals surface area contributed by atoms with Crippen LogP contribution in [-0.4, -0.2) is 41.0 Å². The number of carbonyl (C=O) groups is 1. The smallest absolute Gasteiger partial charge is 0.186 e. The number of hydrogen-bond donors (Lipinski definition) is 4. The molecule has 2 aromatic carbocycles. The van der Waals surface area contributed by atoms with Crippen LogP contribution >= 0.6 is 24.4 Å². The maximum atomic E-state index is 11.0. The van der Waals surface area contributed by atoms with Crippen LogP contribution in [0.5, 0.6) is 0 Å². The first-order valence-electron chi connectivity index (χ1n) is 9.43. The number of hydrogen-bond acceptors (Lipinski definition) is 5. The Morgan fingerprint density at radius 3 is 1.70 bits per heavy atom. The van der Waals surface area contributed by atoms with Gasteiger partial charge in [0.15, 0.2) is 10.2 Å². The first kappa shape index (κ1) is 23.1. The predicted molar refractivity (Wildman–Crippen MR) is 130 cm³/mol. The van der Waals surface area contributed by atoms with Gasteiger partial charge >= 0.3 is 0 Å². The summed E-state index contributed by atoms with van der Waals surface area (Å²) < 4.78 is 0. The van der Waals surface area contributed by atoms with Crippen molar-refractivity contribution in [1.29, 1.82) is 0 Å². The lowest BCUT2D eigenvalue weighted by Crippen LogP contribution is -2.35. The standard InChI is InChI=1S/C21H24N6OS2/c1-3-22-20(29)26-24-18(16-8-6-5-7-9-16)19(25-27-21(30)23-4-2)17-12-10-15(14-28)11-13-17/h5-14H,3-4H2,1-2H3,(H2,22,26,29)(H2,23,27,30). The van der Waals surface area contributed by atoms with E-state index in [2.05, 4.69) is 31.7 Å². The molecule has 0 amide bonds. The minimum absolute atomic E-state index is 0.392. The maximum Gasteiger partial charge on any atom is 0.186 e. The monoisotopic (exact) mass is 440 g/mol. The molecule has 4 N–H and O–H groups in total. The zero-order valence-corrected chi connectivity index (χ0v) is 18.4. The number of rotatable bonds is 8. The van der Waals surface area contributed by atoms with E-state index in [0.717, 1.165) is 17.4 Å². The van der Waals surface area contributed by atoms with Gasteiger partial charge < -0.3 is 10.6 Å². The lowest BCUT2D eigenvalue weighted by molar-refractivity contribution is 0.112. The molecule has 30 heavy (non-hydrogen) atoms. The highest BCUT2D eigenvalue weighted by atomic mass is 32.1. The van der Waals surface area contributed by atoms with E-state index in [0.29, 0.717) is 40.3 Å². The van der Waals surface area contributed by atoms with Crippen LogP contribution in [0.1, 0.15) is 35.3 Å². The number of aldehydes is 1. The summed E-state index contributed by atoms with van der Waals surface area (Å²) in [6.45, 7) is 5.24. The molecule has 0 aliphatic carbocycles. The Morgan fingerprint density at radius 2 is 1.27 bits per heavy atom. The van der Waals surface area contributed by atoms with Crippen LogP contribution < -0.4 is 21.5 Å². The van der Waals surface area contributed by atoms with Crippen LogP contribution in [0.3, 0.4) is 0 Å². The van der Waals surface area contributed by atoms with Gasteiger partial charge in [0.05, 0.1) is 0 Å². The second-order valence-electron chi connectivity index (χ2n) is 5.97. The zero-order valence-electron chi connectivity index (χ0n) is 16.8.